The Kier molecular flexibility index (Phi) is 37.3. The Balaban J connectivity index is 0.000000283. The topological polar surface area (TPSA) is 284 Å². The van der Waals surface area contributed by atoms with Crippen molar-refractivity contribution in [2.75, 3.05) is 26.4 Å². The molecular weight excluding hydrogens is 1560 g/mol. The SMILES string of the molecule is CCCOC(=O)C1=C(C)N(C(C)C)C(C)=C(C(=O)OC(C)C)C1c1ccc(C(F)(F)F)cc1.CCCOC(=O)C1=C(C)N(C(C)C)C(C)=C(C(=O)OC(C)C)C1c1ccc(Cl)cc1.CCCOC(=O)C1=C(C)NC(C)=C(C(=O)OC(C)C)C1c1ccc(C)cc1.CCCOC(=O)C1=C(C)NC(C)=C(C(=O)OC(C)C)C1c1ccc([N+](=O)[O-])cc1. The van der Waals surface area contributed by atoms with E-state index in [4.69, 9.17) is 49.5 Å². The van der Waals surface area contributed by atoms with Gasteiger partial charge in [0.05, 0.1) is 130 Å². The van der Waals surface area contributed by atoms with Gasteiger partial charge in [0.15, 0.2) is 0 Å². The molecule has 0 saturated carbocycles. The molecule has 8 rings (SSSR count). The van der Waals surface area contributed by atoms with Crippen LogP contribution in [0.1, 0.15) is 249 Å². The van der Waals surface area contributed by atoms with Crippen molar-refractivity contribution in [3.63, 3.8) is 0 Å². The number of hydrogen-bond acceptors (Lipinski definition) is 22. The number of hydrogen-bond donors (Lipinski definition) is 2. The number of non-ortho nitro benzene ring substituents is 1. The van der Waals surface area contributed by atoms with Gasteiger partial charge in [-0.15, -0.1) is 0 Å². The van der Waals surface area contributed by atoms with E-state index < -0.39 is 94.2 Å². The van der Waals surface area contributed by atoms with Crippen LogP contribution in [0.15, 0.2) is 187 Å². The summed E-state index contributed by atoms with van der Waals surface area (Å²) in [5.41, 5.74) is 10.9. The maximum absolute atomic E-state index is 13.2. The monoisotopic (exact) mass is 1670 g/mol. The number of halogens is 4. The molecule has 0 bridgehead atoms. The largest absolute Gasteiger partial charge is 0.462 e. The van der Waals surface area contributed by atoms with Crippen LogP contribution < -0.4 is 10.6 Å². The summed E-state index contributed by atoms with van der Waals surface area (Å²) in [5.74, 6) is -6.78. The molecule has 0 saturated heterocycles. The number of dihydropyridines is 2. The third-order valence-electron chi connectivity index (χ3n) is 19.2. The minimum absolute atomic E-state index is 0.0481. The number of carbonyl (C=O) groups is 8. The third-order valence-corrected chi connectivity index (χ3v) is 19.5. The maximum atomic E-state index is 13.2. The van der Waals surface area contributed by atoms with Crippen molar-refractivity contribution in [3.8, 4) is 0 Å². The fourth-order valence-corrected chi connectivity index (χ4v) is 14.6. The normalized spacial score (nSPS) is 17.0. The second-order valence-electron chi connectivity index (χ2n) is 30.9. The average molecular weight is 1680 g/mol. The van der Waals surface area contributed by atoms with Gasteiger partial charge in [-0.25, -0.2) is 38.4 Å². The van der Waals surface area contributed by atoms with Crippen molar-refractivity contribution in [2.24, 2.45) is 0 Å². The zero-order chi connectivity index (χ0) is 89.5. The standard InChI is InChI=1S/C25H32F3NO4.C24H32ClNO4.C22H29NO4.C21H26N2O6/c1-8-13-32-23(30)20-16(6)29(14(2)3)17(7)21(24(31)33-15(4)5)22(20)18-9-11-19(12-10-18)25(26,27)28;1-8-13-29-23(27)20-16(6)26(14(2)3)17(7)21(24(28)30-15(4)5)22(20)18-9-11-19(25)12-10-18;1-7-12-26-21(24)18-15(5)23-16(6)19(22(25)27-13(2)3)20(18)17-10-8-14(4)9-11-17;1-6-11-28-20(24)17-13(4)22-14(5)18(21(25)29-12(2)3)19(17)15-7-9-16(10-8-15)23(26)27/h9-12,14-15,22H,8,13H2,1-7H3;9-12,14-15,22H,8,13H2,1-7H3;8-11,13,20,23H,7,12H2,1-6H3;7-10,12,19,22H,6,11H2,1-5H3. The summed E-state index contributed by atoms with van der Waals surface area (Å²) in [4.78, 5) is 119. The van der Waals surface area contributed by atoms with Crippen LogP contribution >= 0.6 is 11.6 Å². The van der Waals surface area contributed by atoms with Gasteiger partial charge in [-0.05, 0) is 218 Å². The van der Waals surface area contributed by atoms with E-state index in [1.807, 2.05) is 164 Å². The van der Waals surface area contributed by atoms with E-state index in [1.54, 1.807) is 79.7 Å². The zero-order valence-electron chi connectivity index (χ0n) is 73.4. The van der Waals surface area contributed by atoms with E-state index in [0.717, 1.165) is 46.6 Å². The summed E-state index contributed by atoms with van der Waals surface area (Å²) < 4.78 is 83.1. The van der Waals surface area contributed by atoms with Gasteiger partial charge in [0.2, 0.25) is 0 Å². The molecule has 27 heteroatoms. The highest BCUT2D eigenvalue weighted by Gasteiger charge is 2.46. The Morgan fingerprint density at radius 2 is 0.605 bits per heavy atom. The molecule has 119 heavy (non-hydrogen) atoms. The second-order valence-corrected chi connectivity index (χ2v) is 31.3. The first-order chi connectivity index (χ1) is 55.8. The Hall–Kier alpha value is -10.8. The number of allylic oxidation sites excluding steroid dienone is 8. The van der Waals surface area contributed by atoms with E-state index in [1.165, 1.54) is 24.3 Å². The molecule has 0 radical (unpaired) electrons. The molecule has 0 fully saturated rings. The van der Waals surface area contributed by atoms with Gasteiger partial charge >= 0.3 is 53.9 Å². The van der Waals surface area contributed by atoms with Gasteiger partial charge in [0.1, 0.15) is 0 Å². The van der Waals surface area contributed by atoms with Crippen LogP contribution in [0.4, 0.5) is 18.9 Å². The number of esters is 8. The lowest BCUT2D eigenvalue weighted by molar-refractivity contribution is -0.384. The lowest BCUT2D eigenvalue weighted by Gasteiger charge is -2.40. The van der Waals surface area contributed by atoms with E-state index >= 15 is 0 Å². The van der Waals surface area contributed by atoms with Crippen LogP contribution in [0.3, 0.4) is 0 Å². The number of ether oxygens (including phenoxy) is 8. The van der Waals surface area contributed by atoms with Gasteiger partial charge < -0.3 is 58.3 Å². The number of nitro groups is 1. The van der Waals surface area contributed by atoms with Crippen LogP contribution in [0.2, 0.25) is 5.02 Å². The van der Waals surface area contributed by atoms with Crippen molar-refractivity contribution in [1.29, 1.82) is 0 Å². The predicted octanol–water partition coefficient (Wildman–Crippen LogP) is 19.4. The van der Waals surface area contributed by atoms with Crippen molar-refractivity contribution < 1.29 is 94.3 Å². The molecule has 4 heterocycles. The molecule has 648 valence electrons. The number of alkyl halides is 3. The summed E-state index contributed by atoms with van der Waals surface area (Å²) in [5, 5.41) is 17.8. The Bertz CT molecular complexity index is 4600. The van der Waals surface area contributed by atoms with E-state index in [0.29, 0.717) is 105 Å². The van der Waals surface area contributed by atoms with Gasteiger partial charge in [-0.3, -0.25) is 10.1 Å². The van der Waals surface area contributed by atoms with Crippen molar-refractivity contribution >= 4 is 65.0 Å². The molecule has 0 spiro atoms. The first kappa shape index (κ1) is 98.8. The molecule has 2 N–H and O–H groups in total. The van der Waals surface area contributed by atoms with Crippen molar-refractivity contribution in [1.82, 2.24) is 20.4 Å². The Morgan fingerprint density at radius 1 is 0.378 bits per heavy atom. The molecule has 4 aromatic carbocycles. The number of carbonyl (C=O) groups excluding carboxylic acids is 8. The van der Waals surface area contributed by atoms with Crippen molar-refractivity contribution in [3.05, 3.63) is 236 Å². The molecule has 0 amide bonds. The number of aryl methyl sites for hydroxylation is 1. The number of nitrogens with zero attached hydrogens (tertiary/aromatic N) is 3. The molecule has 4 aromatic rings. The van der Waals surface area contributed by atoms with Gasteiger partial charge in [0, 0.05) is 74.8 Å². The molecule has 23 nitrogen and oxygen atoms in total. The fraction of sp³-hybridized carbons (Fsp3) is 0.478. The van der Waals surface area contributed by atoms with Crippen LogP contribution in [-0.2, 0) is 82.4 Å². The number of rotatable bonds is 27. The third kappa shape index (κ3) is 25.6. The highest BCUT2D eigenvalue weighted by Crippen LogP contribution is 2.48. The van der Waals surface area contributed by atoms with Gasteiger partial charge in [0.25, 0.3) is 5.69 Å². The summed E-state index contributed by atoms with van der Waals surface area (Å²) in [6.07, 6.45) is -3.08. The predicted molar refractivity (Wildman–Crippen MR) is 450 cm³/mol. The summed E-state index contributed by atoms with van der Waals surface area (Å²) in [6, 6.07) is 25.3. The highest BCUT2D eigenvalue weighted by molar-refractivity contribution is 6.30. The molecule has 4 atom stereocenters. The van der Waals surface area contributed by atoms with Gasteiger partial charge in [-0.2, -0.15) is 13.2 Å². The van der Waals surface area contributed by atoms with Crippen LogP contribution in [-0.4, -0.2) is 125 Å². The van der Waals surface area contributed by atoms with Crippen LogP contribution in [0.25, 0.3) is 0 Å². The van der Waals surface area contributed by atoms with E-state index in [-0.39, 0.29) is 71.6 Å². The summed E-state index contributed by atoms with van der Waals surface area (Å²) in [6.45, 7) is 47.2. The number of benzene rings is 4. The maximum Gasteiger partial charge on any atom is 0.416 e. The zero-order valence-corrected chi connectivity index (χ0v) is 74.1. The Labute approximate surface area is 703 Å². The van der Waals surface area contributed by atoms with Crippen LogP contribution in [0, 0.1) is 17.0 Å². The van der Waals surface area contributed by atoms with Crippen molar-refractivity contribution in [2.45, 2.75) is 265 Å². The first-order valence-corrected chi connectivity index (χ1v) is 40.8. The summed E-state index contributed by atoms with van der Waals surface area (Å²) in [7, 11) is 0. The quantitative estimate of drug-likeness (QED) is 0.0243. The van der Waals surface area contributed by atoms with E-state index in [2.05, 4.69) is 10.6 Å². The minimum atomic E-state index is -4.50. The smallest absolute Gasteiger partial charge is 0.416 e. The first-order valence-electron chi connectivity index (χ1n) is 40.4. The lowest BCUT2D eigenvalue weighted by atomic mass is 9.79. The fourth-order valence-electron chi connectivity index (χ4n) is 14.4. The molecular formula is C92H119ClF3N5O18. The minimum Gasteiger partial charge on any atom is -0.462 e. The average Bonchev–Trinajstić information content (AvgIpc) is 0.770. The molecule has 0 aromatic heterocycles. The van der Waals surface area contributed by atoms with Crippen LogP contribution in [0.5, 0.6) is 0 Å². The molecule has 4 aliphatic rings. The Morgan fingerprint density at radius 3 is 0.857 bits per heavy atom. The second kappa shape index (κ2) is 44.9. The number of nitrogens with one attached hydrogen (secondary N) is 2. The lowest BCUT2D eigenvalue weighted by Crippen LogP contribution is -2.39. The molecule has 4 aliphatic heterocycles. The highest BCUT2D eigenvalue weighted by atomic mass is 35.5. The molecule has 4 unspecified atom stereocenters. The number of nitro benzene ring substituents is 1. The van der Waals surface area contributed by atoms with E-state index in [9.17, 15) is 61.6 Å². The summed E-state index contributed by atoms with van der Waals surface area (Å²) >= 11 is 6.09. The van der Waals surface area contributed by atoms with Gasteiger partial charge in [-0.1, -0.05) is 106 Å². The molecule has 0 aliphatic carbocycles.